The van der Waals surface area contributed by atoms with Crippen molar-refractivity contribution in [3.05, 3.63) is 34.9 Å². The Bertz CT molecular complexity index is 430. The van der Waals surface area contributed by atoms with Crippen LogP contribution in [0.2, 0.25) is 0 Å². The first-order valence-corrected chi connectivity index (χ1v) is 5.27. The first-order valence-electron chi connectivity index (χ1n) is 5.27. The van der Waals surface area contributed by atoms with E-state index >= 15 is 0 Å². The lowest BCUT2D eigenvalue weighted by Crippen LogP contribution is -2.16. The lowest BCUT2D eigenvalue weighted by atomic mass is 10.1. The summed E-state index contributed by atoms with van der Waals surface area (Å²) in [5.74, 6) is 4.33. The van der Waals surface area contributed by atoms with E-state index in [9.17, 15) is 8.78 Å². The van der Waals surface area contributed by atoms with E-state index in [4.69, 9.17) is 5.73 Å². The van der Waals surface area contributed by atoms with E-state index < -0.39 is 11.6 Å². The van der Waals surface area contributed by atoms with Crippen molar-refractivity contribution in [2.24, 2.45) is 5.73 Å². The van der Waals surface area contributed by atoms with Crippen molar-refractivity contribution in [1.82, 2.24) is 0 Å². The Balaban J connectivity index is 2.93. The van der Waals surface area contributed by atoms with Crippen molar-refractivity contribution in [3.8, 4) is 11.8 Å². The third kappa shape index (κ3) is 3.32. The third-order valence-corrected chi connectivity index (χ3v) is 2.24. The minimum absolute atomic E-state index is 0.0645. The van der Waals surface area contributed by atoms with Crippen LogP contribution in [0.25, 0.3) is 0 Å². The predicted octanol–water partition coefficient (Wildman–Crippen LogP) is 2.75. The van der Waals surface area contributed by atoms with Crippen LogP contribution < -0.4 is 5.73 Å². The second-order valence-corrected chi connectivity index (χ2v) is 3.75. The molecule has 0 heterocycles. The maximum Gasteiger partial charge on any atom is 0.139 e. The largest absolute Gasteiger partial charge is 0.318 e. The predicted molar refractivity (Wildman–Crippen MR) is 60.9 cm³/mol. The third-order valence-electron chi connectivity index (χ3n) is 2.24. The average Bonchev–Trinajstić information content (AvgIpc) is 2.22. The van der Waals surface area contributed by atoms with E-state index in [0.29, 0.717) is 0 Å². The van der Waals surface area contributed by atoms with Crippen molar-refractivity contribution >= 4 is 0 Å². The van der Waals surface area contributed by atoms with E-state index in [2.05, 4.69) is 11.8 Å². The molecule has 3 heteroatoms. The van der Waals surface area contributed by atoms with E-state index in [1.54, 1.807) is 0 Å². The van der Waals surface area contributed by atoms with Gasteiger partial charge in [0.2, 0.25) is 0 Å². The molecule has 1 rings (SSSR count). The van der Waals surface area contributed by atoms with Gasteiger partial charge in [-0.05, 0) is 31.0 Å². The normalized spacial score (nSPS) is 11.8. The summed E-state index contributed by atoms with van der Waals surface area (Å²) in [5, 5.41) is 0. The first kappa shape index (κ1) is 12.7. The lowest BCUT2D eigenvalue weighted by Gasteiger charge is -2.01. The van der Waals surface area contributed by atoms with Crippen LogP contribution in [0.15, 0.2) is 12.1 Å². The molecule has 0 aromatic heterocycles. The topological polar surface area (TPSA) is 26.0 Å². The van der Waals surface area contributed by atoms with Crippen LogP contribution in [0, 0.1) is 30.4 Å². The van der Waals surface area contributed by atoms with E-state index in [1.165, 1.54) is 6.92 Å². The molecule has 1 aromatic rings. The minimum atomic E-state index is -0.505. The molecule has 0 bridgehead atoms. The number of rotatable bonds is 2. The van der Waals surface area contributed by atoms with E-state index in [0.717, 1.165) is 25.0 Å². The number of benzene rings is 1. The second-order valence-electron chi connectivity index (χ2n) is 3.75. The standard InChI is InChI=1S/C13H15F2N/c1-3-4-11(16)6-5-10-8-12(14)9(2)7-13(10)15/h7-8,11H,3-4,16H2,1-2H3. The fourth-order valence-corrected chi connectivity index (χ4v) is 1.30. The lowest BCUT2D eigenvalue weighted by molar-refractivity contribution is 0.589. The highest BCUT2D eigenvalue weighted by molar-refractivity contribution is 5.38. The van der Waals surface area contributed by atoms with Crippen LogP contribution in [0.5, 0.6) is 0 Å². The summed E-state index contributed by atoms with van der Waals surface area (Å²) >= 11 is 0. The zero-order chi connectivity index (χ0) is 12.1. The molecule has 2 N–H and O–H groups in total. The molecule has 0 aliphatic carbocycles. The SMILES string of the molecule is CCCC(N)C#Cc1cc(F)c(C)cc1F. The van der Waals surface area contributed by atoms with Crippen LogP contribution in [0.3, 0.4) is 0 Å². The molecule has 0 aliphatic rings. The monoisotopic (exact) mass is 223 g/mol. The highest BCUT2D eigenvalue weighted by atomic mass is 19.1. The maximum atomic E-state index is 13.4. The van der Waals surface area contributed by atoms with Gasteiger partial charge in [-0.1, -0.05) is 25.2 Å². The average molecular weight is 223 g/mol. The molecule has 0 aliphatic heterocycles. The van der Waals surface area contributed by atoms with Crippen LogP contribution in [-0.4, -0.2) is 6.04 Å². The summed E-state index contributed by atoms with van der Waals surface area (Å²) in [6.45, 7) is 3.51. The number of hydrogen-bond donors (Lipinski definition) is 1. The summed E-state index contributed by atoms with van der Waals surface area (Å²) < 4.78 is 26.5. The van der Waals surface area contributed by atoms with Gasteiger partial charge in [0.15, 0.2) is 0 Å². The molecule has 0 saturated heterocycles. The Morgan fingerprint density at radius 1 is 1.31 bits per heavy atom. The molecule has 0 spiro atoms. The molecule has 1 atom stereocenters. The van der Waals surface area contributed by atoms with Gasteiger partial charge >= 0.3 is 0 Å². The van der Waals surface area contributed by atoms with Crippen molar-refractivity contribution in [2.45, 2.75) is 32.7 Å². The zero-order valence-corrected chi connectivity index (χ0v) is 9.48. The van der Waals surface area contributed by atoms with E-state index in [1.807, 2.05) is 6.92 Å². The zero-order valence-electron chi connectivity index (χ0n) is 9.48. The Morgan fingerprint density at radius 3 is 2.62 bits per heavy atom. The maximum absolute atomic E-state index is 13.4. The molecule has 0 fully saturated rings. The van der Waals surface area contributed by atoms with Crippen molar-refractivity contribution in [1.29, 1.82) is 0 Å². The molecular formula is C13H15F2N. The number of halogens is 2. The summed E-state index contributed by atoms with van der Waals surface area (Å²) in [7, 11) is 0. The Kier molecular flexibility index (Phi) is 4.45. The second kappa shape index (κ2) is 5.62. The number of nitrogens with two attached hydrogens (primary N) is 1. The Morgan fingerprint density at radius 2 is 2.00 bits per heavy atom. The van der Waals surface area contributed by atoms with Gasteiger partial charge in [0.05, 0.1) is 11.6 Å². The van der Waals surface area contributed by atoms with Gasteiger partial charge in [-0.25, -0.2) is 8.78 Å². The van der Waals surface area contributed by atoms with Gasteiger partial charge in [0.25, 0.3) is 0 Å². The smallest absolute Gasteiger partial charge is 0.139 e. The molecule has 16 heavy (non-hydrogen) atoms. The molecule has 0 radical (unpaired) electrons. The molecule has 1 unspecified atom stereocenters. The summed E-state index contributed by atoms with van der Waals surface area (Å²) in [4.78, 5) is 0. The Labute approximate surface area is 94.7 Å². The summed E-state index contributed by atoms with van der Waals surface area (Å²) in [6, 6.07) is 1.97. The van der Waals surface area contributed by atoms with Gasteiger partial charge in [-0.3, -0.25) is 0 Å². The fraction of sp³-hybridized carbons (Fsp3) is 0.385. The van der Waals surface area contributed by atoms with E-state index in [-0.39, 0.29) is 17.2 Å². The number of aryl methyl sites for hydroxylation is 1. The molecule has 86 valence electrons. The molecular weight excluding hydrogens is 208 g/mol. The number of hydrogen-bond acceptors (Lipinski definition) is 1. The van der Waals surface area contributed by atoms with Gasteiger partial charge < -0.3 is 5.73 Å². The highest BCUT2D eigenvalue weighted by Gasteiger charge is 2.05. The van der Waals surface area contributed by atoms with Crippen molar-refractivity contribution in [3.63, 3.8) is 0 Å². The van der Waals surface area contributed by atoms with Crippen molar-refractivity contribution in [2.75, 3.05) is 0 Å². The molecule has 1 aromatic carbocycles. The van der Waals surface area contributed by atoms with Crippen LogP contribution in [0.1, 0.15) is 30.9 Å². The fourth-order valence-electron chi connectivity index (χ4n) is 1.30. The Hall–Kier alpha value is -1.40. The van der Waals surface area contributed by atoms with Crippen LogP contribution >= 0.6 is 0 Å². The van der Waals surface area contributed by atoms with Gasteiger partial charge in [0, 0.05) is 0 Å². The summed E-state index contributed by atoms with van der Waals surface area (Å²) in [5.41, 5.74) is 6.00. The molecule has 0 saturated carbocycles. The van der Waals surface area contributed by atoms with Gasteiger partial charge in [0.1, 0.15) is 11.6 Å². The minimum Gasteiger partial charge on any atom is -0.318 e. The van der Waals surface area contributed by atoms with Gasteiger partial charge in [-0.2, -0.15) is 0 Å². The molecule has 0 amide bonds. The highest BCUT2D eigenvalue weighted by Crippen LogP contribution is 2.13. The van der Waals surface area contributed by atoms with Crippen molar-refractivity contribution < 1.29 is 8.78 Å². The first-order chi connectivity index (χ1) is 7.54. The quantitative estimate of drug-likeness (QED) is 0.766. The van der Waals surface area contributed by atoms with Crippen LogP contribution in [-0.2, 0) is 0 Å². The molecule has 1 nitrogen and oxygen atoms in total. The summed E-state index contributed by atoms with van der Waals surface area (Å²) in [6.07, 6.45) is 1.67. The van der Waals surface area contributed by atoms with Crippen LogP contribution in [0.4, 0.5) is 8.78 Å². The van der Waals surface area contributed by atoms with Gasteiger partial charge in [-0.15, -0.1) is 0 Å².